The molecule has 2 aromatic rings. The van der Waals surface area contributed by atoms with Crippen molar-refractivity contribution in [1.29, 1.82) is 0 Å². The van der Waals surface area contributed by atoms with Crippen LogP contribution in [0.15, 0.2) is 48.5 Å². The standard InChI is InChI=1S/C20H20F3NO3/c21-20(22,23)16-8-6-14(7-9-16)12-24-19(25)15-3-1-4-17(11-15)27-13-18-5-2-10-26-18/h1,3-4,6-9,11,18H,2,5,10,12-13H2,(H,24,25). The zero-order valence-corrected chi connectivity index (χ0v) is 14.6. The smallest absolute Gasteiger partial charge is 0.416 e. The molecule has 2 aromatic carbocycles. The second-order valence-corrected chi connectivity index (χ2v) is 6.35. The fourth-order valence-electron chi connectivity index (χ4n) is 2.79. The molecular formula is C20H20F3NO3. The van der Waals surface area contributed by atoms with Crippen molar-refractivity contribution in [3.05, 3.63) is 65.2 Å². The van der Waals surface area contributed by atoms with Crippen molar-refractivity contribution in [2.75, 3.05) is 13.2 Å². The van der Waals surface area contributed by atoms with E-state index < -0.39 is 11.7 Å². The average molecular weight is 379 g/mol. The van der Waals surface area contributed by atoms with Gasteiger partial charge < -0.3 is 14.8 Å². The number of hydrogen-bond acceptors (Lipinski definition) is 3. The van der Waals surface area contributed by atoms with Crippen LogP contribution < -0.4 is 10.1 Å². The van der Waals surface area contributed by atoms with Gasteiger partial charge in [0.1, 0.15) is 12.4 Å². The number of halogens is 3. The lowest BCUT2D eigenvalue weighted by Crippen LogP contribution is -2.23. The Morgan fingerprint density at radius 2 is 1.96 bits per heavy atom. The van der Waals surface area contributed by atoms with Gasteiger partial charge in [-0.25, -0.2) is 0 Å². The first-order valence-electron chi connectivity index (χ1n) is 8.70. The van der Waals surface area contributed by atoms with Crippen LogP contribution in [0, 0.1) is 0 Å². The number of benzene rings is 2. The molecule has 0 bridgehead atoms. The van der Waals surface area contributed by atoms with Gasteiger partial charge in [-0.3, -0.25) is 4.79 Å². The van der Waals surface area contributed by atoms with E-state index in [-0.39, 0.29) is 18.6 Å². The van der Waals surface area contributed by atoms with Crippen molar-refractivity contribution in [2.45, 2.75) is 31.7 Å². The lowest BCUT2D eigenvalue weighted by molar-refractivity contribution is -0.137. The molecule has 1 aliphatic rings. The minimum Gasteiger partial charge on any atom is -0.491 e. The number of ether oxygens (including phenoxy) is 2. The third-order valence-corrected chi connectivity index (χ3v) is 4.29. The van der Waals surface area contributed by atoms with E-state index in [9.17, 15) is 18.0 Å². The summed E-state index contributed by atoms with van der Waals surface area (Å²) < 4.78 is 48.9. The van der Waals surface area contributed by atoms with E-state index in [1.54, 1.807) is 24.3 Å². The summed E-state index contributed by atoms with van der Waals surface area (Å²) in [5.41, 5.74) is 0.294. The highest BCUT2D eigenvalue weighted by atomic mass is 19.4. The average Bonchev–Trinajstić information content (AvgIpc) is 3.18. The van der Waals surface area contributed by atoms with Crippen LogP contribution in [0.4, 0.5) is 13.2 Å². The van der Waals surface area contributed by atoms with Gasteiger partial charge in [0, 0.05) is 18.7 Å². The van der Waals surface area contributed by atoms with E-state index in [4.69, 9.17) is 9.47 Å². The van der Waals surface area contributed by atoms with Crippen LogP contribution in [-0.4, -0.2) is 25.2 Å². The fourth-order valence-corrected chi connectivity index (χ4v) is 2.79. The van der Waals surface area contributed by atoms with E-state index in [0.717, 1.165) is 31.6 Å². The van der Waals surface area contributed by atoms with Gasteiger partial charge in [-0.15, -0.1) is 0 Å². The Bertz CT molecular complexity index is 769. The monoisotopic (exact) mass is 379 g/mol. The van der Waals surface area contributed by atoms with Gasteiger partial charge in [-0.1, -0.05) is 18.2 Å². The first-order chi connectivity index (χ1) is 12.9. The summed E-state index contributed by atoms with van der Waals surface area (Å²) in [6.45, 7) is 1.33. The zero-order valence-electron chi connectivity index (χ0n) is 14.6. The van der Waals surface area contributed by atoms with E-state index in [1.165, 1.54) is 12.1 Å². The van der Waals surface area contributed by atoms with E-state index in [0.29, 0.717) is 23.5 Å². The SMILES string of the molecule is O=C(NCc1ccc(C(F)(F)F)cc1)c1cccc(OCC2CCCO2)c1. The molecule has 1 amide bonds. The molecule has 0 radical (unpaired) electrons. The fraction of sp³-hybridized carbons (Fsp3) is 0.350. The summed E-state index contributed by atoms with van der Waals surface area (Å²) in [4.78, 5) is 12.3. The molecule has 0 aromatic heterocycles. The summed E-state index contributed by atoms with van der Waals surface area (Å²) in [6.07, 6.45) is -2.29. The molecule has 7 heteroatoms. The van der Waals surface area contributed by atoms with Crippen LogP contribution in [0.25, 0.3) is 0 Å². The van der Waals surface area contributed by atoms with E-state index in [2.05, 4.69) is 5.32 Å². The quantitative estimate of drug-likeness (QED) is 0.819. The Morgan fingerprint density at radius 1 is 1.19 bits per heavy atom. The minimum atomic E-state index is -4.37. The van der Waals surface area contributed by atoms with Gasteiger partial charge in [0.25, 0.3) is 5.91 Å². The van der Waals surface area contributed by atoms with Crippen LogP contribution in [0.5, 0.6) is 5.75 Å². The summed E-state index contributed by atoms with van der Waals surface area (Å²) in [6, 6.07) is 11.5. The summed E-state index contributed by atoms with van der Waals surface area (Å²) in [5.74, 6) is 0.255. The van der Waals surface area contributed by atoms with Gasteiger partial charge in [0.2, 0.25) is 0 Å². The molecule has 0 aliphatic carbocycles. The second kappa shape index (κ2) is 8.43. The van der Waals surface area contributed by atoms with Gasteiger partial charge in [0.15, 0.2) is 0 Å². The Hall–Kier alpha value is -2.54. The number of nitrogens with one attached hydrogen (secondary N) is 1. The first kappa shape index (κ1) is 19.2. The van der Waals surface area contributed by atoms with Crippen LogP contribution in [-0.2, 0) is 17.5 Å². The molecule has 0 spiro atoms. The van der Waals surface area contributed by atoms with Gasteiger partial charge in [-0.2, -0.15) is 13.2 Å². The molecule has 3 rings (SSSR count). The van der Waals surface area contributed by atoms with Crippen LogP contribution in [0.3, 0.4) is 0 Å². The van der Waals surface area contributed by atoms with Gasteiger partial charge >= 0.3 is 6.18 Å². The molecule has 144 valence electrons. The summed E-state index contributed by atoms with van der Waals surface area (Å²) in [7, 11) is 0. The van der Waals surface area contributed by atoms with Crippen LogP contribution in [0.1, 0.15) is 34.3 Å². The molecule has 1 saturated heterocycles. The second-order valence-electron chi connectivity index (χ2n) is 6.35. The van der Waals surface area contributed by atoms with Gasteiger partial charge in [-0.05, 0) is 48.7 Å². The predicted molar refractivity (Wildman–Crippen MR) is 93.5 cm³/mol. The number of carbonyl (C=O) groups excluding carboxylic acids is 1. The maximum Gasteiger partial charge on any atom is 0.416 e. The van der Waals surface area contributed by atoms with E-state index >= 15 is 0 Å². The molecule has 27 heavy (non-hydrogen) atoms. The van der Waals surface area contributed by atoms with Gasteiger partial charge in [0.05, 0.1) is 11.7 Å². The molecule has 0 saturated carbocycles. The molecule has 1 unspecified atom stereocenters. The number of carbonyl (C=O) groups is 1. The maximum atomic E-state index is 12.6. The number of alkyl halides is 3. The van der Waals surface area contributed by atoms with Crippen molar-refractivity contribution in [3.8, 4) is 5.75 Å². The molecule has 1 atom stereocenters. The van der Waals surface area contributed by atoms with E-state index in [1.807, 2.05) is 0 Å². The molecule has 4 nitrogen and oxygen atoms in total. The lowest BCUT2D eigenvalue weighted by atomic mass is 10.1. The third-order valence-electron chi connectivity index (χ3n) is 4.29. The topological polar surface area (TPSA) is 47.6 Å². The maximum absolute atomic E-state index is 12.6. The van der Waals surface area contributed by atoms with Crippen molar-refractivity contribution in [3.63, 3.8) is 0 Å². The number of hydrogen-bond donors (Lipinski definition) is 1. The van der Waals surface area contributed by atoms with Crippen molar-refractivity contribution in [2.24, 2.45) is 0 Å². The highest BCUT2D eigenvalue weighted by Crippen LogP contribution is 2.29. The summed E-state index contributed by atoms with van der Waals surface area (Å²) in [5, 5.41) is 2.70. The number of rotatable bonds is 6. The highest BCUT2D eigenvalue weighted by Gasteiger charge is 2.29. The Kier molecular flexibility index (Phi) is 6.01. The molecule has 1 N–H and O–H groups in total. The van der Waals surface area contributed by atoms with Crippen LogP contribution in [0.2, 0.25) is 0 Å². The van der Waals surface area contributed by atoms with Crippen molar-refractivity contribution < 1.29 is 27.4 Å². The Morgan fingerprint density at radius 3 is 2.63 bits per heavy atom. The largest absolute Gasteiger partial charge is 0.491 e. The predicted octanol–water partition coefficient (Wildman–Crippen LogP) is 4.19. The van der Waals surface area contributed by atoms with Crippen LogP contribution >= 0.6 is 0 Å². The third kappa shape index (κ3) is 5.47. The molecule has 1 heterocycles. The summed E-state index contributed by atoms with van der Waals surface area (Å²) >= 11 is 0. The first-order valence-corrected chi connectivity index (χ1v) is 8.70. The molecule has 1 fully saturated rings. The number of amides is 1. The lowest BCUT2D eigenvalue weighted by Gasteiger charge is -2.12. The molecule has 1 aliphatic heterocycles. The van der Waals surface area contributed by atoms with Crippen molar-refractivity contribution in [1.82, 2.24) is 5.32 Å². The highest BCUT2D eigenvalue weighted by molar-refractivity contribution is 5.94. The Labute approximate surface area is 155 Å². The minimum absolute atomic E-state index is 0.0853. The normalized spacial score (nSPS) is 16.9. The zero-order chi connectivity index (χ0) is 19.3. The van der Waals surface area contributed by atoms with Crippen molar-refractivity contribution >= 4 is 5.91 Å². The molecular weight excluding hydrogens is 359 g/mol. The Balaban J connectivity index is 1.53.